The van der Waals surface area contributed by atoms with Crippen molar-refractivity contribution in [2.75, 3.05) is 5.32 Å². The molecular formula is C13H14Cl2N2O. The Balaban J connectivity index is 2.64. The van der Waals surface area contributed by atoms with E-state index in [-0.39, 0.29) is 12.1 Å². The quantitative estimate of drug-likeness (QED) is 0.809. The lowest BCUT2D eigenvalue weighted by Crippen LogP contribution is -2.37. The van der Waals surface area contributed by atoms with Crippen LogP contribution >= 0.6 is 23.2 Å². The van der Waals surface area contributed by atoms with Gasteiger partial charge in [0.1, 0.15) is 0 Å². The third-order valence-corrected chi connectivity index (χ3v) is 2.93. The van der Waals surface area contributed by atoms with Crippen molar-refractivity contribution in [2.45, 2.75) is 25.8 Å². The Morgan fingerprint density at radius 3 is 2.83 bits per heavy atom. The van der Waals surface area contributed by atoms with Gasteiger partial charge in [-0.25, -0.2) is 4.79 Å². The molecule has 0 saturated carbocycles. The molecule has 0 bridgehead atoms. The predicted molar refractivity (Wildman–Crippen MR) is 76.1 cm³/mol. The van der Waals surface area contributed by atoms with Gasteiger partial charge in [0.2, 0.25) is 0 Å². The number of anilines is 1. The summed E-state index contributed by atoms with van der Waals surface area (Å²) in [4.78, 5) is 11.7. The average molecular weight is 285 g/mol. The first-order valence-corrected chi connectivity index (χ1v) is 6.28. The summed E-state index contributed by atoms with van der Waals surface area (Å²) in [5.74, 6) is 2.52. The Kier molecular flexibility index (Phi) is 5.84. The topological polar surface area (TPSA) is 41.1 Å². The summed E-state index contributed by atoms with van der Waals surface area (Å²) in [5.41, 5.74) is 0.470. The summed E-state index contributed by atoms with van der Waals surface area (Å²) >= 11 is 11.8. The van der Waals surface area contributed by atoms with Gasteiger partial charge in [-0.3, -0.25) is 0 Å². The molecule has 0 spiro atoms. The molecule has 0 fully saturated rings. The van der Waals surface area contributed by atoms with Crippen molar-refractivity contribution in [1.29, 1.82) is 0 Å². The highest BCUT2D eigenvalue weighted by molar-refractivity contribution is 6.35. The second kappa shape index (κ2) is 7.15. The maximum absolute atomic E-state index is 11.7. The number of nitrogens with one attached hydrogen (secondary N) is 2. The first-order chi connectivity index (χ1) is 8.56. The molecule has 3 nitrogen and oxygen atoms in total. The molecule has 0 aromatic heterocycles. The van der Waals surface area contributed by atoms with E-state index >= 15 is 0 Å². The zero-order chi connectivity index (χ0) is 13.5. The minimum Gasteiger partial charge on any atom is -0.334 e. The standard InChI is InChI=1S/C13H14Cl2N2O/c1-3-5-10(4-2)16-13(18)17-12-8-9(14)6-7-11(12)15/h1,6-8,10H,4-5H2,2H3,(H2,16,17,18). The second-order valence-electron chi connectivity index (χ2n) is 3.74. The lowest BCUT2D eigenvalue weighted by molar-refractivity contribution is 0.248. The van der Waals surface area contributed by atoms with Gasteiger partial charge in [0.15, 0.2) is 0 Å². The molecule has 0 heterocycles. The van der Waals surface area contributed by atoms with Crippen LogP contribution in [-0.2, 0) is 0 Å². The summed E-state index contributed by atoms with van der Waals surface area (Å²) in [7, 11) is 0. The molecule has 1 aromatic rings. The van der Waals surface area contributed by atoms with Gasteiger partial charge >= 0.3 is 6.03 Å². The highest BCUT2D eigenvalue weighted by Crippen LogP contribution is 2.25. The fraction of sp³-hybridized carbons (Fsp3) is 0.308. The van der Waals surface area contributed by atoms with Crippen LogP contribution in [0.4, 0.5) is 10.5 Å². The number of terminal acetylenes is 1. The summed E-state index contributed by atoms with van der Waals surface area (Å²) in [5, 5.41) is 6.34. The number of benzene rings is 1. The molecule has 96 valence electrons. The minimum absolute atomic E-state index is 0.0482. The first kappa shape index (κ1) is 14.7. The maximum Gasteiger partial charge on any atom is 0.319 e. The van der Waals surface area contributed by atoms with Gasteiger partial charge in [0.05, 0.1) is 10.7 Å². The molecule has 0 aliphatic rings. The molecule has 1 atom stereocenters. The Bertz CT molecular complexity index is 469. The van der Waals surface area contributed by atoms with E-state index < -0.39 is 0 Å². The zero-order valence-corrected chi connectivity index (χ0v) is 11.5. The minimum atomic E-state index is -0.346. The first-order valence-electron chi connectivity index (χ1n) is 5.52. The van der Waals surface area contributed by atoms with Gasteiger partial charge in [0.25, 0.3) is 0 Å². The highest BCUT2D eigenvalue weighted by atomic mass is 35.5. The number of urea groups is 1. The number of amides is 2. The molecule has 1 rings (SSSR count). The molecule has 18 heavy (non-hydrogen) atoms. The third kappa shape index (κ3) is 4.48. The molecular weight excluding hydrogens is 271 g/mol. The van der Waals surface area contributed by atoms with E-state index in [2.05, 4.69) is 16.6 Å². The van der Waals surface area contributed by atoms with Crippen molar-refractivity contribution in [3.63, 3.8) is 0 Å². The van der Waals surface area contributed by atoms with Crippen LogP contribution in [0, 0.1) is 12.3 Å². The van der Waals surface area contributed by atoms with Crippen LogP contribution in [0.1, 0.15) is 19.8 Å². The molecule has 2 N–H and O–H groups in total. The van der Waals surface area contributed by atoms with E-state index in [0.717, 1.165) is 6.42 Å². The van der Waals surface area contributed by atoms with Crippen molar-refractivity contribution >= 4 is 34.9 Å². The summed E-state index contributed by atoms with van der Waals surface area (Å²) in [6.45, 7) is 1.95. The van der Waals surface area contributed by atoms with E-state index in [9.17, 15) is 4.79 Å². The Labute approximate surface area is 117 Å². The molecule has 1 unspecified atom stereocenters. The summed E-state index contributed by atoms with van der Waals surface area (Å²) in [6, 6.07) is 4.47. The maximum atomic E-state index is 11.7. The second-order valence-corrected chi connectivity index (χ2v) is 4.58. The number of carbonyl (C=O) groups is 1. The number of carbonyl (C=O) groups excluding carboxylic acids is 1. The van der Waals surface area contributed by atoms with Crippen molar-refractivity contribution in [3.8, 4) is 12.3 Å². The van der Waals surface area contributed by atoms with Crippen LogP contribution < -0.4 is 10.6 Å². The van der Waals surface area contributed by atoms with Crippen LogP contribution in [0.5, 0.6) is 0 Å². The number of rotatable bonds is 4. The fourth-order valence-electron chi connectivity index (χ4n) is 1.38. The average Bonchev–Trinajstić information content (AvgIpc) is 2.33. The third-order valence-electron chi connectivity index (χ3n) is 2.37. The predicted octanol–water partition coefficient (Wildman–Crippen LogP) is 3.92. The van der Waals surface area contributed by atoms with Gasteiger partial charge in [-0.1, -0.05) is 30.1 Å². The normalized spacial score (nSPS) is 11.4. The Hall–Kier alpha value is -1.37. The van der Waals surface area contributed by atoms with Gasteiger partial charge in [0, 0.05) is 17.5 Å². The molecule has 5 heteroatoms. The van der Waals surface area contributed by atoms with Crippen LogP contribution in [-0.4, -0.2) is 12.1 Å². The van der Waals surface area contributed by atoms with Crippen LogP contribution in [0.2, 0.25) is 10.0 Å². The number of hydrogen-bond acceptors (Lipinski definition) is 1. The molecule has 0 radical (unpaired) electrons. The monoisotopic (exact) mass is 284 g/mol. The number of halogens is 2. The Morgan fingerprint density at radius 2 is 2.22 bits per heavy atom. The van der Waals surface area contributed by atoms with E-state index in [1.165, 1.54) is 0 Å². The molecule has 0 aliphatic carbocycles. The van der Waals surface area contributed by atoms with E-state index in [1.807, 2.05) is 6.92 Å². The van der Waals surface area contributed by atoms with E-state index in [0.29, 0.717) is 22.2 Å². The highest BCUT2D eigenvalue weighted by Gasteiger charge is 2.10. The zero-order valence-electron chi connectivity index (χ0n) is 9.97. The summed E-state index contributed by atoms with van der Waals surface area (Å²) in [6.07, 6.45) is 6.48. The summed E-state index contributed by atoms with van der Waals surface area (Å²) < 4.78 is 0. The van der Waals surface area contributed by atoms with Crippen LogP contribution in [0.25, 0.3) is 0 Å². The van der Waals surface area contributed by atoms with E-state index in [4.69, 9.17) is 29.6 Å². The molecule has 0 saturated heterocycles. The lowest BCUT2D eigenvalue weighted by Gasteiger charge is -2.15. The van der Waals surface area contributed by atoms with Crippen molar-refractivity contribution in [2.24, 2.45) is 0 Å². The smallest absolute Gasteiger partial charge is 0.319 e. The van der Waals surface area contributed by atoms with Crippen molar-refractivity contribution in [3.05, 3.63) is 28.2 Å². The van der Waals surface area contributed by atoms with Gasteiger partial charge in [-0.05, 0) is 24.6 Å². The van der Waals surface area contributed by atoms with Crippen molar-refractivity contribution < 1.29 is 4.79 Å². The van der Waals surface area contributed by atoms with Gasteiger partial charge < -0.3 is 10.6 Å². The largest absolute Gasteiger partial charge is 0.334 e. The van der Waals surface area contributed by atoms with Gasteiger partial charge in [-0.15, -0.1) is 12.3 Å². The number of hydrogen-bond donors (Lipinski definition) is 2. The van der Waals surface area contributed by atoms with Gasteiger partial charge in [-0.2, -0.15) is 0 Å². The van der Waals surface area contributed by atoms with E-state index in [1.54, 1.807) is 18.2 Å². The SMILES string of the molecule is C#CCC(CC)NC(=O)Nc1cc(Cl)ccc1Cl. The van der Waals surface area contributed by atoms with Crippen molar-refractivity contribution in [1.82, 2.24) is 5.32 Å². The Morgan fingerprint density at radius 1 is 1.50 bits per heavy atom. The molecule has 1 aromatic carbocycles. The lowest BCUT2D eigenvalue weighted by atomic mass is 10.1. The van der Waals surface area contributed by atoms with Crippen LogP contribution in [0.15, 0.2) is 18.2 Å². The fourth-order valence-corrected chi connectivity index (χ4v) is 1.71. The van der Waals surface area contributed by atoms with Crippen LogP contribution in [0.3, 0.4) is 0 Å². The molecule has 0 aliphatic heterocycles. The molecule has 2 amide bonds.